The van der Waals surface area contributed by atoms with Crippen LogP contribution < -0.4 is 0 Å². The highest BCUT2D eigenvalue weighted by Crippen LogP contribution is 2.12. The number of nitrogens with one attached hydrogen (secondary N) is 1. The second-order valence-corrected chi connectivity index (χ2v) is 2.79. The van der Waals surface area contributed by atoms with E-state index >= 15 is 0 Å². The summed E-state index contributed by atoms with van der Waals surface area (Å²) in [6.07, 6.45) is -0.495. The molecule has 56 valence electrons. The number of rotatable bonds is 2. The van der Waals surface area contributed by atoms with E-state index in [0.717, 1.165) is 5.69 Å². The highest BCUT2D eigenvalue weighted by Gasteiger charge is 2.07. The van der Waals surface area contributed by atoms with E-state index in [1.807, 2.05) is 13.0 Å². The highest BCUT2D eigenvalue weighted by atomic mass is 79.9. The molecule has 0 saturated heterocycles. The zero-order chi connectivity index (χ0) is 7.56. The van der Waals surface area contributed by atoms with Gasteiger partial charge in [0.05, 0.1) is 5.69 Å². The fourth-order valence-electron chi connectivity index (χ4n) is 0.689. The number of nitrogens with zero attached hydrogens (tertiary/aromatic N) is 1. The Hall–Kier alpha value is -0.350. The Kier molecular flexibility index (Phi) is 2.45. The molecule has 1 unspecified atom stereocenters. The molecule has 0 saturated carbocycles. The van der Waals surface area contributed by atoms with E-state index < -0.39 is 6.10 Å². The van der Waals surface area contributed by atoms with E-state index in [4.69, 9.17) is 0 Å². The van der Waals surface area contributed by atoms with Crippen LogP contribution in [0, 0.1) is 6.92 Å². The van der Waals surface area contributed by atoms with Crippen molar-refractivity contribution in [3.8, 4) is 0 Å². The summed E-state index contributed by atoms with van der Waals surface area (Å²) in [5, 5.41) is 16.4. The molecule has 0 radical (unpaired) electrons. The summed E-state index contributed by atoms with van der Waals surface area (Å²) in [5.41, 5.74) is 1.66. The van der Waals surface area contributed by atoms with Crippen LogP contribution >= 0.6 is 15.9 Å². The Morgan fingerprint density at radius 1 is 1.90 bits per heavy atom. The average Bonchev–Trinajstić information content (AvgIpc) is 2.34. The molecule has 0 aliphatic heterocycles. The molecule has 0 aliphatic carbocycles. The smallest absolute Gasteiger partial charge is 0.107 e. The van der Waals surface area contributed by atoms with Crippen molar-refractivity contribution in [3.63, 3.8) is 0 Å². The molecule has 0 amide bonds. The van der Waals surface area contributed by atoms with Gasteiger partial charge in [0, 0.05) is 11.0 Å². The lowest BCUT2D eigenvalue weighted by molar-refractivity contribution is 0.200. The Bertz CT molecular complexity index is 211. The molecule has 1 atom stereocenters. The van der Waals surface area contributed by atoms with E-state index in [0.29, 0.717) is 11.0 Å². The van der Waals surface area contributed by atoms with Gasteiger partial charge in [-0.1, -0.05) is 15.9 Å². The molecule has 1 aromatic heterocycles. The van der Waals surface area contributed by atoms with E-state index in [-0.39, 0.29) is 0 Å². The van der Waals surface area contributed by atoms with Crippen LogP contribution in [0.25, 0.3) is 0 Å². The van der Waals surface area contributed by atoms with Crippen molar-refractivity contribution in [2.75, 3.05) is 5.33 Å². The molecule has 4 heteroatoms. The lowest BCUT2D eigenvalue weighted by Gasteiger charge is -1.99. The molecule has 10 heavy (non-hydrogen) atoms. The standard InChI is InChI=1S/C6H9BrN2O/c1-4-2-5(9-8-4)6(10)3-7/h2,6,10H,3H2,1H3,(H,8,9). The largest absolute Gasteiger partial charge is 0.386 e. The quantitative estimate of drug-likeness (QED) is 0.711. The number of H-pyrrole nitrogens is 1. The van der Waals surface area contributed by atoms with Crippen LogP contribution in [0.15, 0.2) is 6.07 Å². The monoisotopic (exact) mass is 204 g/mol. The van der Waals surface area contributed by atoms with Gasteiger partial charge in [0.15, 0.2) is 0 Å². The summed E-state index contributed by atoms with van der Waals surface area (Å²) in [6.45, 7) is 1.90. The van der Waals surface area contributed by atoms with Crippen LogP contribution in [0.2, 0.25) is 0 Å². The van der Waals surface area contributed by atoms with Gasteiger partial charge >= 0.3 is 0 Å². The molecular formula is C6H9BrN2O. The summed E-state index contributed by atoms with van der Waals surface area (Å²) >= 11 is 3.16. The molecule has 1 aromatic rings. The summed E-state index contributed by atoms with van der Waals surface area (Å²) in [5.74, 6) is 0. The number of hydrogen-bond donors (Lipinski definition) is 2. The number of alkyl halides is 1. The first kappa shape index (κ1) is 7.75. The lowest BCUT2D eigenvalue weighted by atomic mass is 10.3. The maximum Gasteiger partial charge on any atom is 0.107 e. The third kappa shape index (κ3) is 1.58. The van der Waals surface area contributed by atoms with Gasteiger partial charge in [-0.3, -0.25) is 5.10 Å². The summed E-state index contributed by atoms with van der Waals surface area (Å²) < 4.78 is 0. The van der Waals surface area contributed by atoms with Crippen molar-refractivity contribution in [1.29, 1.82) is 0 Å². The number of halogens is 1. The molecule has 2 N–H and O–H groups in total. The number of aliphatic hydroxyl groups is 1. The van der Waals surface area contributed by atoms with Crippen molar-refractivity contribution in [2.24, 2.45) is 0 Å². The van der Waals surface area contributed by atoms with Crippen LogP contribution in [0.5, 0.6) is 0 Å². The zero-order valence-electron chi connectivity index (χ0n) is 5.63. The average molecular weight is 205 g/mol. The molecule has 0 bridgehead atoms. The first-order valence-electron chi connectivity index (χ1n) is 3.00. The minimum atomic E-state index is -0.495. The van der Waals surface area contributed by atoms with E-state index in [1.54, 1.807) is 0 Å². The Labute approximate surface area is 67.6 Å². The van der Waals surface area contributed by atoms with Gasteiger partial charge in [-0.2, -0.15) is 5.10 Å². The van der Waals surface area contributed by atoms with Crippen LogP contribution in [0.3, 0.4) is 0 Å². The number of aryl methyl sites for hydroxylation is 1. The maximum absolute atomic E-state index is 9.21. The Morgan fingerprint density at radius 2 is 2.60 bits per heavy atom. The minimum absolute atomic E-state index is 0.495. The van der Waals surface area contributed by atoms with Crippen molar-refractivity contribution in [2.45, 2.75) is 13.0 Å². The third-order valence-electron chi connectivity index (χ3n) is 1.21. The van der Waals surface area contributed by atoms with Gasteiger partial charge < -0.3 is 5.11 Å². The molecular weight excluding hydrogens is 196 g/mol. The zero-order valence-corrected chi connectivity index (χ0v) is 7.22. The lowest BCUT2D eigenvalue weighted by Crippen LogP contribution is -1.97. The van der Waals surface area contributed by atoms with Gasteiger partial charge in [0.2, 0.25) is 0 Å². The fraction of sp³-hybridized carbons (Fsp3) is 0.500. The topological polar surface area (TPSA) is 48.9 Å². The number of hydrogen-bond acceptors (Lipinski definition) is 2. The van der Waals surface area contributed by atoms with Crippen molar-refractivity contribution < 1.29 is 5.11 Å². The van der Waals surface area contributed by atoms with Crippen LogP contribution in [-0.2, 0) is 0 Å². The summed E-state index contributed by atoms with van der Waals surface area (Å²) in [7, 11) is 0. The molecule has 0 spiro atoms. The van der Waals surface area contributed by atoms with E-state index in [1.165, 1.54) is 0 Å². The molecule has 3 nitrogen and oxygen atoms in total. The van der Waals surface area contributed by atoms with Crippen molar-refractivity contribution in [3.05, 3.63) is 17.5 Å². The molecule has 1 heterocycles. The van der Waals surface area contributed by atoms with Crippen LogP contribution in [0.4, 0.5) is 0 Å². The van der Waals surface area contributed by atoms with Crippen LogP contribution in [0.1, 0.15) is 17.5 Å². The predicted octanol–water partition coefficient (Wildman–Crippen LogP) is 1.15. The molecule has 0 fully saturated rings. The van der Waals surface area contributed by atoms with Crippen molar-refractivity contribution >= 4 is 15.9 Å². The Balaban J connectivity index is 2.74. The summed E-state index contributed by atoms with van der Waals surface area (Å²) in [4.78, 5) is 0. The first-order valence-corrected chi connectivity index (χ1v) is 4.12. The molecule has 1 rings (SSSR count). The van der Waals surface area contributed by atoms with Crippen LogP contribution in [-0.4, -0.2) is 20.6 Å². The third-order valence-corrected chi connectivity index (χ3v) is 1.83. The van der Waals surface area contributed by atoms with Gasteiger partial charge in [-0.15, -0.1) is 0 Å². The van der Waals surface area contributed by atoms with E-state index in [9.17, 15) is 5.11 Å². The number of aromatic amines is 1. The molecule has 0 aliphatic rings. The summed E-state index contributed by atoms with van der Waals surface area (Å²) in [6, 6.07) is 1.83. The van der Waals surface area contributed by atoms with Crippen molar-refractivity contribution in [1.82, 2.24) is 10.2 Å². The second-order valence-electron chi connectivity index (χ2n) is 2.15. The SMILES string of the molecule is Cc1cc(C(O)CBr)n[nH]1. The highest BCUT2D eigenvalue weighted by molar-refractivity contribution is 9.09. The van der Waals surface area contributed by atoms with Gasteiger partial charge in [-0.25, -0.2) is 0 Å². The van der Waals surface area contributed by atoms with Gasteiger partial charge in [0.25, 0.3) is 0 Å². The second kappa shape index (κ2) is 3.16. The minimum Gasteiger partial charge on any atom is -0.386 e. The number of aliphatic hydroxyl groups excluding tert-OH is 1. The molecule has 0 aromatic carbocycles. The van der Waals surface area contributed by atoms with Gasteiger partial charge in [0.1, 0.15) is 6.10 Å². The fourth-order valence-corrected chi connectivity index (χ4v) is 1.02. The Morgan fingerprint density at radius 3 is 3.00 bits per heavy atom. The normalized spacial score (nSPS) is 13.5. The van der Waals surface area contributed by atoms with Gasteiger partial charge in [-0.05, 0) is 13.0 Å². The first-order chi connectivity index (χ1) is 4.74. The number of aromatic nitrogens is 2. The predicted molar refractivity (Wildman–Crippen MR) is 42.1 cm³/mol. The van der Waals surface area contributed by atoms with E-state index in [2.05, 4.69) is 26.1 Å². The maximum atomic E-state index is 9.21.